The van der Waals surface area contributed by atoms with Crippen LogP contribution in [0.25, 0.3) is 22.8 Å². The van der Waals surface area contributed by atoms with Gasteiger partial charge in [0.1, 0.15) is 10.0 Å². The van der Waals surface area contributed by atoms with Crippen molar-refractivity contribution in [2.45, 2.75) is 64.7 Å². The first kappa shape index (κ1) is 35.3. The van der Waals surface area contributed by atoms with Crippen molar-refractivity contribution >= 4 is 22.7 Å². The second-order valence-corrected chi connectivity index (χ2v) is 15.4. The summed E-state index contributed by atoms with van der Waals surface area (Å²) in [7, 11) is 0. The minimum absolute atomic E-state index is 0.107. The number of nitriles is 2. The van der Waals surface area contributed by atoms with Gasteiger partial charge in [0.15, 0.2) is 0 Å². The van der Waals surface area contributed by atoms with Crippen LogP contribution in [0.15, 0.2) is 80.7 Å². The zero-order valence-corrected chi connectivity index (χ0v) is 30.6. The second-order valence-electron chi connectivity index (χ2n) is 13.4. The number of hydrogen-bond donors (Lipinski definition) is 0. The van der Waals surface area contributed by atoms with Gasteiger partial charge in [0.25, 0.3) is 0 Å². The quantitative estimate of drug-likeness (QED) is 0.148. The monoisotopic (exact) mass is 730 g/mol. The Morgan fingerprint density at radius 1 is 0.692 bits per heavy atom. The van der Waals surface area contributed by atoms with Crippen molar-refractivity contribution in [2.75, 3.05) is 13.1 Å². The SMILES string of the molecule is C[C@@H]1CC[C@H](c2nc(-c3cccc(C#N)c3)no2)N(Cc2nccs2)C1.C[C@@H]1CC[C@H](c2nc(-c3cccc(C#N)c3)no2)N(Cc2nccs2)C1. The summed E-state index contributed by atoms with van der Waals surface area (Å²) >= 11 is 3.34. The summed E-state index contributed by atoms with van der Waals surface area (Å²) in [6, 6.07) is 19.1. The third kappa shape index (κ3) is 8.49. The first-order valence-electron chi connectivity index (χ1n) is 17.4. The van der Waals surface area contributed by atoms with Gasteiger partial charge in [-0.1, -0.05) is 48.4 Å². The average Bonchev–Trinajstić information content (AvgIpc) is 4.02. The molecule has 0 unspecified atom stereocenters. The van der Waals surface area contributed by atoms with Crippen molar-refractivity contribution in [1.82, 2.24) is 40.0 Å². The van der Waals surface area contributed by atoms with Gasteiger partial charge in [0, 0.05) is 47.4 Å². The van der Waals surface area contributed by atoms with Gasteiger partial charge in [-0.25, -0.2) is 9.97 Å². The highest BCUT2D eigenvalue weighted by Crippen LogP contribution is 2.36. The highest BCUT2D eigenvalue weighted by molar-refractivity contribution is 7.09. The predicted octanol–water partition coefficient (Wildman–Crippen LogP) is 8.08. The molecule has 0 bridgehead atoms. The van der Waals surface area contributed by atoms with Crippen LogP contribution >= 0.6 is 22.7 Å². The van der Waals surface area contributed by atoms with E-state index in [-0.39, 0.29) is 12.1 Å². The number of benzene rings is 2. The third-order valence-corrected chi connectivity index (χ3v) is 11.0. The molecule has 2 aliphatic heterocycles. The molecule has 4 aromatic heterocycles. The third-order valence-electron chi connectivity index (χ3n) is 9.44. The molecule has 14 heteroatoms. The van der Waals surface area contributed by atoms with E-state index in [1.54, 1.807) is 46.9 Å². The molecule has 264 valence electrons. The molecule has 52 heavy (non-hydrogen) atoms. The van der Waals surface area contributed by atoms with Crippen molar-refractivity contribution in [3.8, 4) is 34.9 Å². The number of hydrogen-bond acceptors (Lipinski definition) is 14. The first-order chi connectivity index (χ1) is 25.4. The van der Waals surface area contributed by atoms with E-state index in [0.717, 1.165) is 73.0 Å². The van der Waals surface area contributed by atoms with Crippen LogP contribution in [0.1, 0.15) is 84.5 Å². The van der Waals surface area contributed by atoms with Crippen molar-refractivity contribution in [3.05, 3.63) is 105 Å². The maximum atomic E-state index is 9.07. The molecule has 0 radical (unpaired) electrons. The molecule has 0 amide bonds. The highest BCUT2D eigenvalue weighted by atomic mass is 32.1. The summed E-state index contributed by atoms with van der Waals surface area (Å²) in [6.45, 7) is 8.13. The molecule has 0 saturated carbocycles. The molecule has 4 atom stereocenters. The molecule has 2 fully saturated rings. The van der Waals surface area contributed by atoms with E-state index >= 15 is 0 Å². The lowest BCUT2D eigenvalue weighted by atomic mass is 9.94. The lowest BCUT2D eigenvalue weighted by Crippen LogP contribution is -2.37. The molecular formula is C38H38N10O2S2. The lowest BCUT2D eigenvalue weighted by molar-refractivity contribution is 0.0827. The number of thiazole rings is 2. The molecule has 0 aliphatic carbocycles. The minimum Gasteiger partial charge on any atom is -0.337 e. The van der Waals surface area contributed by atoms with Crippen molar-refractivity contribution < 1.29 is 9.05 Å². The van der Waals surface area contributed by atoms with Gasteiger partial charge in [-0.15, -0.1) is 22.7 Å². The Kier molecular flexibility index (Phi) is 11.2. The van der Waals surface area contributed by atoms with Crippen LogP contribution in [-0.4, -0.2) is 53.1 Å². The Bertz CT molecular complexity index is 1980. The molecule has 2 aliphatic rings. The number of nitrogens with zero attached hydrogens (tertiary/aromatic N) is 10. The molecule has 2 aromatic carbocycles. The first-order valence-corrected chi connectivity index (χ1v) is 19.1. The summed E-state index contributed by atoms with van der Waals surface area (Å²) in [5.74, 6) is 3.63. The number of piperidine rings is 2. The van der Waals surface area contributed by atoms with E-state index in [0.29, 0.717) is 46.4 Å². The van der Waals surface area contributed by atoms with Gasteiger partial charge in [-0.2, -0.15) is 20.5 Å². The highest BCUT2D eigenvalue weighted by Gasteiger charge is 2.33. The van der Waals surface area contributed by atoms with Gasteiger partial charge in [-0.05, 0) is 61.8 Å². The van der Waals surface area contributed by atoms with Gasteiger partial charge in [0.2, 0.25) is 23.4 Å². The Balaban J connectivity index is 0.000000162. The van der Waals surface area contributed by atoms with E-state index in [1.807, 2.05) is 47.4 Å². The van der Waals surface area contributed by atoms with E-state index in [1.165, 1.54) is 0 Å². The molecular weight excluding hydrogens is 693 g/mol. The maximum absolute atomic E-state index is 9.07. The maximum Gasteiger partial charge on any atom is 0.244 e. The Morgan fingerprint density at radius 2 is 1.15 bits per heavy atom. The molecule has 0 spiro atoms. The Morgan fingerprint density at radius 3 is 1.56 bits per heavy atom. The van der Waals surface area contributed by atoms with E-state index < -0.39 is 0 Å². The van der Waals surface area contributed by atoms with Crippen molar-refractivity contribution in [3.63, 3.8) is 0 Å². The lowest BCUT2D eigenvalue weighted by Gasteiger charge is -2.36. The van der Waals surface area contributed by atoms with Crippen molar-refractivity contribution in [2.24, 2.45) is 11.8 Å². The van der Waals surface area contributed by atoms with Crippen LogP contribution in [0, 0.1) is 34.5 Å². The largest absolute Gasteiger partial charge is 0.337 e. The van der Waals surface area contributed by atoms with Crippen LogP contribution in [0.3, 0.4) is 0 Å². The zero-order chi connectivity index (χ0) is 35.9. The summed E-state index contributed by atoms with van der Waals surface area (Å²) in [5.41, 5.74) is 2.78. The summed E-state index contributed by atoms with van der Waals surface area (Å²) in [5, 5.41) is 32.7. The minimum atomic E-state index is 0.107. The normalized spacial score (nSPS) is 20.8. The summed E-state index contributed by atoms with van der Waals surface area (Å²) in [4.78, 5) is 22.9. The van der Waals surface area contributed by atoms with E-state index in [4.69, 9.17) is 19.6 Å². The van der Waals surface area contributed by atoms with E-state index in [9.17, 15) is 0 Å². The van der Waals surface area contributed by atoms with Crippen LogP contribution in [0.4, 0.5) is 0 Å². The van der Waals surface area contributed by atoms with Gasteiger partial charge >= 0.3 is 0 Å². The fourth-order valence-corrected chi connectivity index (χ4v) is 8.12. The smallest absolute Gasteiger partial charge is 0.244 e. The summed E-state index contributed by atoms with van der Waals surface area (Å²) < 4.78 is 11.2. The molecule has 8 rings (SSSR count). The number of rotatable bonds is 8. The number of likely N-dealkylation sites (tertiary alicyclic amines) is 2. The van der Waals surface area contributed by atoms with Crippen molar-refractivity contribution in [1.29, 1.82) is 10.5 Å². The second kappa shape index (κ2) is 16.5. The molecule has 0 N–H and O–H groups in total. The topological polar surface area (TPSA) is 158 Å². The molecule has 6 aromatic rings. The Labute approximate surface area is 310 Å². The van der Waals surface area contributed by atoms with Crippen LogP contribution in [-0.2, 0) is 13.1 Å². The average molecular weight is 731 g/mol. The van der Waals surface area contributed by atoms with E-state index in [2.05, 4.69) is 66.0 Å². The molecule has 6 heterocycles. The Hall–Kier alpha value is -5.12. The summed E-state index contributed by atoms with van der Waals surface area (Å²) in [6.07, 6.45) is 7.95. The van der Waals surface area contributed by atoms with Gasteiger partial charge in [0.05, 0.1) is 48.4 Å². The number of aromatic nitrogens is 6. The standard InChI is InChI=1S/2C19H19N5OS/c2*1-13-5-6-16(24(11-13)12-17-21-7-8-26-17)19-22-18(23-25-19)15-4-2-3-14(9-15)10-20/h2*2-4,7-9,13,16H,5-6,11-12H2,1H3/t2*13-,16-/m11/s1. The van der Waals surface area contributed by atoms with Gasteiger partial charge < -0.3 is 9.05 Å². The van der Waals surface area contributed by atoms with Gasteiger partial charge in [-0.3, -0.25) is 9.80 Å². The molecule has 2 saturated heterocycles. The van der Waals surface area contributed by atoms with Crippen LogP contribution in [0.2, 0.25) is 0 Å². The fourth-order valence-electron chi connectivity index (χ4n) is 6.84. The zero-order valence-electron chi connectivity index (χ0n) is 29.0. The predicted molar refractivity (Wildman–Crippen MR) is 196 cm³/mol. The van der Waals surface area contributed by atoms with Crippen LogP contribution < -0.4 is 0 Å². The molecule has 12 nitrogen and oxygen atoms in total. The van der Waals surface area contributed by atoms with Crippen LogP contribution in [0.5, 0.6) is 0 Å². The fraction of sp³-hybridized carbons (Fsp3) is 0.368.